The van der Waals surface area contributed by atoms with Gasteiger partial charge in [-0.05, 0) is 36.4 Å². The highest BCUT2D eigenvalue weighted by Crippen LogP contribution is 2.26. The van der Waals surface area contributed by atoms with Crippen LogP contribution in [0.4, 0.5) is 0 Å². The zero-order valence-corrected chi connectivity index (χ0v) is 13.2. The predicted octanol–water partition coefficient (Wildman–Crippen LogP) is 3.00. The monoisotopic (exact) mass is 326 g/mol. The Morgan fingerprint density at radius 2 is 2.05 bits per heavy atom. The summed E-state index contributed by atoms with van der Waals surface area (Å²) in [6.07, 6.45) is 3.98. The van der Waals surface area contributed by atoms with Gasteiger partial charge in [-0.1, -0.05) is 11.6 Å². The molecule has 0 radical (unpaired) electrons. The zero-order valence-electron chi connectivity index (χ0n) is 11.7. The van der Waals surface area contributed by atoms with Crippen molar-refractivity contribution in [3.63, 3.8) is 0 Å². The van der Waals surface area contributed by atoms with Crippen LogP contribution in [0.5, 0.6) is 0 Å². The van der Waals surface area contributed by atoms with E-state index in [1.54, 1.807) is 6.92 Å². The highest BCUT2D eigenvalue weighted by atomic mass is 35.5. The smallest absolute Gasteiger partial charge is 0.225 e. The summed E-state index contributed by atoms with van der Waals surface area (Å²) < 4.78 is 2.07. The van der Waals surface area contributed by atoms with Crippen LogP contribution in [0.1, 0.15) is 19.8 Å². The van der Waals surface area contributed by atoms with E-state index in [0.717, 1.165) is 43.5 Å². The highest BCUT2D eigenvalue weighted by Gasteiger charge is 2.21. The van der Waals surface area contributed by atoms with Gasteiger partial charge in [0.05, 0.1) is 5.39 Å². The van der Waals surface area contributed by atoms with E-state index in [2.05, 4.69) is 14.5 Å². The second-order valence-corrected chi connectivity index (χ2v) is 6.13. The fourth-order valence-corrected chi connectivity index (χ4v) is 3.29. The maximum Gasteiger partial charge on any atom is 0.225 e. The van der Waals surface area contributed by atoms with Crippen LogP contribution in [-0.2, 0) is 11.3 Å². The average molecular weight is 327 g/mol. The molecule has 1 aliphatic heterocycles. The molecule has 0 unspecified atom stereocenters. The Kier molecular flexibility index (Phi) is 4.04. The Morgan fingerprint density at radius 1 is 1.33 bits per heavy atom. The number of fused-ring (bicyclic) bond motifs is 1. The van der Waals surface area contributed by atoms with Gasteiger partial charge in [0.15, 0.2) is 0 Å². The van der Waals surface area contributed by atoms with Gasteiger partial charge in [-0.15, -0.1) is 0 Å². The molecule has 0 aromatic carbocycles. The SMILES string of the molecule is CC(=O)N1CCC(Cn2ccc3c(Cl)nc(Cl)nc32)CC1. The minimum Gasteiger partial charge on any atom is -0.343 e. The van der Waals surface area contributed by atoms with Crippen molar-refractivity contribution in [1.82, 2.24) is 19.4 Å². The molecule has 1 saturated heterocycles. The molecule has 3 heterocycles. The van der Waals surface area contributed by atoms with E-state index in [0.29, 0.717) is 11.1 Å². The van der Waals surface area contributed by atoms with Gasteiger partial charge in [0.25, 0.3) is 0 Å². The molecule has 5 nitrogen and oxygen atoms in total. The largest absolute Gasteiger partial charge is 0.343 e. The molecule has 1 aliphatic rings. The maximum absolute atomic E-state index is 11.3. The number of aromatic nitrogens is 3. The summed E-state index contributed by atoms with van der Waals surface area (Å²) in [4.78, 5) is 21.5. The van der Waals surface area contributed by atoms with Crippen molar-refractivity contribution < 1.29 is 4.79 Å². The van der Waals surface area contributed by atoms with Crippen LogP contribution in [0.25, 0.3) is 11.0 Å². The number of piperidine rings is 1. The van der Waals surface area contributed by atoms with E-state index >= 15 is 0 Å². The van der Waals surface area contributed by atoms with Crippen LogP contribution in [0.15, 0.2) is 12.3 Å². The van der Waals surface area contributed by atoms with E-state index in [9.17, 15) is 4.79 Å². The summed E-state index contributed by atoms with van der Waals surface area (Å²) in [5.74, 6) is 0.690. The second-order valence-electron chi connectivity index (χ2n) is 5.44. The van der Waals surface area contributed by atoms with E-state index in [4.69, 9.17) is 23.2 Å². The lowest BCUT2D eigenvalue weighted by molar-refractivity contribution is -0.130. The van der Waals surface area contributed by atoms with E-state index in [1.165, 1.54) is 0 Å². The molecule has 0 bridgehead atoms. The number of nitrogens with zero attached hydrogens (tertiary/aromatic N) is 4. The fourth-order valence-electron chi connectivity index (χ4n) is 2.86. The molecule has 0 N–H and O–H groups in total. The Labute approximate surface area is 132 Å². The number of amides is 1. The lowest BCUT2D eigenvalue weighted by Gasteiger charge is -2.31. The molecule has 112 valence electrons. The standard InChI is InChI=1S/C14H16Cl2N4O/c1-9(21)19-5-2-10(3-6-19)8-20-7-4-11-12(15)17-14(16)18-13(11)20/h4,7,10H,2-3,5-6,8H2,1H3. The van der Waals surface area contributed by atoms with Crippen LogP contribution in [0.3, 0.4) is 0 Å². The van der Waals surface area contributed by atoms with E-state index in [1.807, 2.05) is 17.2 Å². The topological polar surface area (TPSA) is 51.0 Å². The van der Waals surface area contributed by atoms with Crippen LogP contribution in [0.2, 0.25) is 10.4 Å². The van der Waals surface area contributed by atoms with Crippen LogP contribution < -0.4 is 0 Å². The molecule has 21 heavy (non-hydrogen) atoms. The lowest BCUT2D eigenvalue weighted by atomic mass is 9.97. The number of hydrogen-bond acceptors (Lipinski definition) is 3. The summed E-state index contributed by atoms with van der Waals surface area (Å²) >= 11 is 12.0. The van der Waals surface area contributed by atoms with Crippen LogP contribution >= 0.6 is 23.2 Å². The number of hydrogen-bond donors (Lipinski definition) is 0. The maximum atomic E-state index is 11.3. The van der Waals surface area contributed by atoms with Crippen molar-refractivity contribution in [2.24, 2.45) is 5.92 Å². The average Bonchev–Trinajstić information content (AvgIpc) is 2.83. The molecule has 1 fully saturated rings. The van der Waals surface area contributed by atoms with Gasteiger partial charge in [-0.3, -0.25) is 4.79 Å². The summed E-state index contributed by atoms with van der Waals surface area (Å²) in [6.45, 7) is 4.14. The van der Waals surface area contributed by atoms with E-state index in [-0.39, 0.29) is 11.2 Å². The summed E-state index contributed by atoms with van der Waals surface area (Å²) in [6, 6.07) is 1.92. The van der Waals surface area contributed by atoms with Gasteiger partial charge >= 0.3 is 0 Å². The van der Waals surface area contributed by atoms with Crippen LogP contribution in [0, 0.1) is 5.92 Å². The van der Waals surface area contributed by atoms with Crippen LogP contribution in [-0.4, -0.2) is 38.4 Å². The molecule has 0 aliphatic carbocycles. The van der Waals surface area contributed by atoms with E-state index < -0.39 is 0 Å². The number of rotatable bonds is 2. The Hall–Kier alpha value is -1.33. The fraction of sp³-hybridized carbons (Fsp3) is 0.500. The molecule has 2 aromatic rings. The summed E-state index contributed by atoms with van der Waals surface area (Å²) in [5.41, 5.74) is 0.772. The molecule has 7 heteroatoms. The molecule has 1 amide bonds. The first-order valence-corrected chi connectivity index (χ1v) is 7.73. The number of likely N-dealkylation sites (tertiary alicyclic amines) is 1. The molecular formula is C14H16Cl2N4O. The van der Waals surface area contributed by atoms with Gasteiger partial charge in [-0.25, -0.2) is 4.98 Å². The first-order chi connectivity index (χ1) is 10.0. The van der Waals surface area contributed by atoms with Gasteiger partial charge < -0.3 is 9.47 Å². The van der Waals surface area contributed by atoms with Crippen molar-refractivity contribution >= 4 is 40.1 Å². The van der Waals surface area contributed by atoms with Crippen molar-refractivity contribution in [3.05, 3.63) is 22.7 Å². The zero-order chi connectivity index (χ0) is 15.0. The number of halogens is 2. The van der Waals surface area contributed by atoms with Crippen molar-refractivity contribution in [1.29, 1.82) is 0 Å². The third-order valence-electron chi connectivity index (χ3n) is 4.06. The third-order valence-corrected chi connectivity index (χ3v) is 4.52. The van der Waals surface area contributed by atoms with Gasteiger partial charge in [0.2, 0.25) is 11.2 Å². The van der Waals surface area contributed by atoms with Crippen molar-refractivity contribution in [3.8, 4) is 0 Å². The second kappa shape index (κ2) is 5.81. The highest BCUT2D eigenvalue weighted by molar-refractivity contribution is 6.35. The normalized spacial score (nSPS) is 16.6. The molecule has 3 rings (SSSR count). The molecular weight excluding hydrogens is 311 g/mol. The molecule has 0 atom stereocenters. The molecule has 2 aromatic heterocycles. The van der Waals surface area contributed by atoms with Crippen molar-refractivity contribution in [2.45, 2.75) is 26.3 Å². The number of carbonyl (C=O) groups excluding carboxylic acids is 1. The molecule has 0 saturated carbocycles. The van der Waals surface area contributed by atoms with Gasteiger partial charge in [-0.2, -0.15) is 4.98 Å². The van der Waals surface area contributed by atoms with Crippen molar-refractivity contribution in [2.75, 3.05) is 13.1 Å². The number of carbonyl (C=O) groups is 1. The predicted molar refractivity (Wildman–Crippen MR) is 82.5 cm³/mol. The third kappa shape index (κ3) is 2.99. The first-order valence-electron chi connectivity index (χ1n) is 6.98. The molecule has 0 spiro atoms. The first kappa shape index (κ1) is 14.6. The Balaban J connectivity index is 1.76. The van der Waals surface area contributed by atoms with Gasteiger partial charge in [0.1, 0.15) is 10.8 Å². The minimum absolute atomic E-state index is 0.158. The summed E-state index contributed by atoms with van der Waals surface area (Å²) in [7, 11) is 0. The minimum atomic E-state index is 0.158. The lowest BCUT2D eigenvalue weighted by Crippen LogP contribution is -2.37. The summed E-state index contributed by atoms with van der Waals surface area (Å²) in [5, 5.41) is 1.37. The Morgan fingerprint density at radius 3 is 2.71 bits per heavy atom. The van der Waals surface area contributed by atoms with Gasteiger partial charge in [0, 0.05) is 32.8 Å². The Bertz CT molecular complexity index is 677. The quantitative estimate of drug-likeness (QED) is 0.629.